The van der Waals surface area contributed by atoms with Gasteiger partial charge in [0, 0.05) is 0 Å². The maximum atomic E-state index is 11.8. The highest BCUT2D eigenvalue weighted by Gasteiger charge is 2.07. The van der Waals surface area contributed by atoms with E-state index in [-0.39, 0.29) is 5.57 Å². The fourth-order valence-corrected chi connectivity index (χ4v) is 1.64. The number of allylic oxidation sites excluding steroid dienone is 1. The zero-order valence-corrected chi connectivity index (χ0v) is 11.0. The van der Waals surface area contributed by atoms with Gasteiger partial charge in [-0.3, -0.25) is 4.79 Å². The van der Waals surface area contributed by atoms with Crippen molar-refractivity contribution in [1.82, 2.24) is 0 Å². The minimum Gasteiger partial charge on any atom is -0.423 e. The molecule has 0 aromatic heterocycles. The minimum atomic E-state index is -0.440. The largest absolute Gasteiger partial charge is 0.423 e. The fourth-order valence-electron chi connectivity index (χ4n) is 1.64. The summed E-state index contributed by atoms with van der Waals surface area (Å²) in [6.07, 6.45) is 1.94. The van der Waals surface area contributed by atoms with E-state index >= 15 is 0 Å². The van der Waals surface area contributed by atoms with Gasteiger partial charge >= 0.3 is 5.97 Å². The maximum Gasteiger partial charge on any atom is 0.343 e. The fraction of sp³-hybridized carbons (Fsp3) is 0. The number of nitrogens with zero attached hydrogens (tertiary/aromatic N) is 1. The molecule has 0 radical (unpaired) electrons. The molecule has 0 aliphatic rings. The number of nitriles is 1. The van der Waals surface area contributed by atoms with Crippen LogP contribution in [0.15, 0.2) is 60.2 Å². The zero-order valence-electron chi connectivity index (χ0n) is 11.0. The molecule has 0 saturated heterocycles. The van der Waals surface area contributed by atoms with Crippen molar-refractivity contribution in [2.75, 3.05) is 0 Å². The summed E-state index contributed by atoms with van der Waals surface area (Å²) in [4.78, 5) is 22.4. The molecule has 0 unspecified atom stereocenters. The molecule has 0 N–H and O–H groups in total. The second-order valence-corrected chi connectivity index (χ2v) is 4.15. The number of hydrogen-bond donors (Lipinski definition) is 0. The van der Waals surface area contributed by atoms with Crippen molar-refractivity contribution in [2.45, 2.75) is 0 Å². The Morgan fingerprint density at radius 1 is 1.05 bits per heavy atom. The lowest BCUT2D eigenvalue weighted by Gasteiger charge is -2.04. The van der Waals surface area contributed by atoms with Crippen LogP contribution in [0.2, 0.25) is 0 Å². The highest BCUT2D eigenvalue weighted by molar-refractivity contribution is 5.91. The first-order valence-corrected chi connectivity index (χ1v) is 6.17. The van der Waals surface area contributed by atoms with Crippen molar-refractivity contribution >= 4 is 18.3 Å². The number of carbonyl (C=O) groups is 2. The molecule has 4 heteroatoms. The summed E-state index contributed by atoms with van der Waals surface area (Å²) < 4.78 is 5.22. The van der Waals surface area contributed by atoms with Crippen LogP contribution in [0.4, 0.5) is 0 Å². The van der Waals surface area contributed by atoms with Crippen LogP contribution in [0.25, 0.3) is 6.08 Å². The number of aldehydes is 1. The molecule has 0 fully saturated rings. The molecule has 2 rings (SSSR count). The number of hydrogen-bond acceptors (Lipinski definition) is 4. The third-order valence-corrected chi connectivity index (χ3v) is 2.68. The van der Waals surface area contributed by atoms with Gasteiger partial charge in [0.25, 0.3) is 0 Å². The van der Waals surface area contributed by atoms with E-state index in [2.05, 4.69) is 0 Å². The second-order valence-electron chi connectivity index (χ2n) is 4.15. The quantitative estimate of drug-likeness (QED) is 0.283. The normalized spacial score (nSPS) is 10.5. The molecule has 0 amide bonds. The molecule has 0 atom stereocenters. The molecule has 2 aromatic carbocycles. The summed E-state index contributed by atoms with van der Waals surface area (Å²) in [7, 11) is 0. The number of rotatable bonds is 4. The minimum absolute atomic E-state index is 0.0315. The molecule has 102 valence electrons. The lowest BCUT2D eigenvalue weighted by Crippen LogP contribution is -2.07. The Hall–Kier alpha value is -3.19. The molecule has 0 spiro atoms. The van der Waals surface area contributed by atoms with Crippen molar-refractivity contribution < 1.29 is 14.3 Å². The predicted octanol–water partition coefficient (Wildman–Crippen LogP) is 3.01. The maximum absolute atomic E-state index is 11.8. The molecule has 21 heavy (non-hydrogen) atoms. The van der Waals surface area contributed by atoms with Crippen LogP contribution in [-0.4, -0.2) is 12.3 Å². The van der Waals surface area contributed by atoms with E-state index < -0.39 is 5.97 Å². The van der Waals surface area contributed by atoms with Gasteiger partial charge in [-0.1, -0.05) is 30.3 Å². The van der Waals surface area contributed by atoms with Crippen LogP contribution in [0, 0.1) is 11.3 Å². The van der Waals surface area contributed by atoms with Crippen LogP contribution in [0.1, 0.15) is 15.9 Å². The van der Waals surface area contributed by atoms with Gasteiger partial charge in [-0.2, -0.15) is 5.26 Å². The predicted molar refractivity (Wildman–Crippen MR) is 77.5 cm³/mol. The average molecular weight is 277 g/mol. The van der Waals surface area contributed by atoms with E-state index in [0.29, 0.717) is 23.2 Å². The summed E-state index contributed by atoms with van der Waals surface area (Å²) in [5.74, 6) is -0.0462. The van der Waals surface area contributed by atoms with Crippen LogP contribution in [0.3, 0.4) is 0 Å². The number of benzene rings is 2. The smallest absolute Gasteiger partial charge is 0.343 e. The van der Waals surface area contributed by atoms with E-state index in [4.69, 9.17) is 10.00 Å². The van der Waals surface area contributed by atoms with Crippen molar-refractivity contribution in [1.29, 1.82) is 5.26 Å². The van der Waals surface area contributed by atoms with Crippen molar-refractivity contribution in [3.63, 3.8) is 0 Å². The Bertz CT molecular complexity index is 710. The Morgan fingerprint density at radius 3 is 2.29 bits per heavy atom. The second kappa shape index (κ2) is 6.83. The molecular weight excluding hydrogens is 266 g/mol. The van der Waals surface area contributed by atoms with Crippen LogP contribution >= 0.6 is 0 Å². The summed E-state index contributed by atoms with van der Waals surface area (Å²) in [6.45, 7) is 0. The van der Waals surface area contributed by atoms with Gasteiger partial charge in [-0.25, -0.2) is 4.79 Å². The Morgan fingerprint density at radius 2 is 1.71 bits per heavy atom. The highest BCUT2D eigenvalue weighted by Crippen LogP contribution is 2.15. The molecular formula is C17H11NO3. The number of carbonyl (C=O) groups excluding carboxylic acids is 2. The Labute approximate surface area is 121 Å². The molecule has 4 nitrogen and oxygen atoms in total. The lowest BCUT2D eigenvalue weighted by atomic mass is 10.1. The topological polar surface area (TPSA) is 67.2 Å². The van der Waals surface area contributed by atoms with Crippen LogP contribution in [0.5, 0.6) is 5.75 Å². The molecule has 0 saturated carbocycles. The van der Waals surface area contributed by atoms with E-state index in [1.54, 1.807) is 54.6 Å². The van der Waals surface area contributed by atoms with Gasteiger partial charge in [0.05, 0.1) is 11.1 Å². The number of ether oxygens (including phenoxy) is 1. The molecule has 0 aliphatic heterocycles. The van der Waals surface area contributed by atoms with E-state index in [1.165, 1.54) is 6.08 Å². The SMILES string of the molecule is N#CC(C=O)=Cc1ccc(OC(=O)c2ccccc2)cc1. The monoisotopic (exact) mass is 277 g/mol. The average Bonchev–Trinajstić information content (AvgIpc) is 2.55. The van der Waals surface area contributed by atoms with Crippen molar-refractivity contribution in [3.05, 3.63) is 71.3 Å². The summed E-state index contributed by atoms with van der Waals surface area (Å²) in [6, 6.07) is 17.0. The van der Waals surface area contributed by atoms with Gasteiger partial charge in [-0.15, -0.1) is 0 Å². The standard InChI is InChI=1S/C17H11NO3/c18-11-14(12-19)10-13-6-8-16(9-7-13)21-17(20)15-4-2-1-3-5-15/h1-10,12H. The summed E-state index contributed by atoms with van der Waals surface area (Å²) in [5.41, 5.74) is 1.18. The van der Waals surface area contributed by atoms with Crippen molar-refractivity contribution in [2.24, 2.45) is 0 Å². The Balaban J connectivity index is 2.10. The van der Waals surface area contributed by atoms with Crippen LogP contribution in [-0.2, 0) is 4.79 Å². The van der Waals surface area contributed by atoms with Crippen molar-refractivity contribution in [3.8, 4) is 11.8 Å². The highest BCUT2D eigenvalue weighted by atomic mass is 16.5. The molecule has 0 bridgehead atoms. The van der Waals surface area contributed by atoms with Crippen LogP contribution < -0.4 is 4.74 Å². The van der Waals surface area contributed by atoms with E-state index in [9.17, 15) is 9.59 Å². The van der Waals surface area contributed by atoms with E-state index in [0.717, 1.165) is 0 Å². The molecule has 2 aromatic rings. The number of esters is 1. The lowest BCUT2D eigenvalue weighted by molar-refractivity contribution is -0.104. The third-order valence-electron chi connectivity index (χ3n) is 2.68. The summed E-state index contributed by atoms with van der Waals surface area (Å²) >= 11 is 0. The van der Waals surface area contributed by atoms with Gasteiger partial charge < -0.3 is 4.74 Å². The first kappa shape index (κ1) is 14.2. The Kier molecular flexibility index (Phi) is 4.62. The third kappa shape index (κ3) is 3.88. The molecule has 0 heterocycles. The van der Waals surface area contributed by atoms with E-state index in [1.807, 2.05) is 6.07 Å². The van der Waals surface area contributed by atoms with Gasteiger partial charge in [0.2, 0.25) is 0 Å². The molecule has 0 aliphatic carbocycles. The first-order chi connectivity index (χ1) is 10.2. The first-order valence-electron chi connectivity index (χ1n) is 6.17. The zero-order chi connectivity index (χ0) is 15.1. The van der Waals surface area contributed by atoms with Gasteiger partial charge in [-0.05, 0) is 35.9 Å². The van der Waals surface area contributed by atoms with Gasteiger partial charge in [0.1, 0.15) is 11.8 Å². The van der Waals surface area contributed by atoms with Gasteiger partial charge in [0.15, 0.2) is 6.29 Å². The summed E-state index contributed by atoms with van der Waals surface area (Å²) in [5, 5.41) is 8.67.